The zero-order valence-corrected chi connectivity index (χ0v) is 15.5. The van der Waals surface area contributed by atoms with Crippen LogP contribution in [-0.4, -0.2) is 22.9 Å². The van der Waals surface area contributed by atoms with Gasteiger partial charge in [0.25, 0.3) is 0 Å². The Morgan fingerprint density at radius 2 is 1.89 bits per heavy atom. The molecule has 27 heavy (non-hydrogen) atoms. The van der Waals surface area contributed by atoms with E-state index in [9.17, 15) is 13.6 Å². The largest absolute Gasteiger partial charge is 0.363 e. The number of aromatic nitrogens is 1. The number of pyridine rings is 1. The van der Waals surface area contributed by atoms with Crippen molar-refractivity contribution in [1.29, 1.82) is 0 Å². The van der Waals surface area contributed by atoms with Gasteiger partial charge in [0, 0.05) is 17.8 Å². The van der Waals surface area contributed by atoms with Crippen molar-refractivity contribution in [2.75, 3.05) is 10.6 Å². The third kappa shape index (κ3) is 4.42. The summed E-state index contributed by atoms with van der Waals surface area (Å²) in [7, 11) is 0. The van der Waals surface area contributed by atoms with E-state index in [4.69, 9.17) is 5.73 Å². The lowest BCUT2D eigenvalue weighted by Gasteiger charge is -2.30. The average molecular weight is 374 g/mol. The lowest BCUT2D eigenvalue weighted by Crippen LogP contribution is -2.43. The lowest BCUT2D eigenvalue weighted by atomic mass is 9.91. The molecule has 5 nitrogen and oxygen atoms in total. The van der Waals surface area contributed by atoms with Crippen LogP contribution in [0, 0.1) is 18.6 Å². The van der Waals surface area contributed by atoms with E-state index in [1.165, 1.54) is 13.0 Å². The molecule has 7 heteroatoms. The Balaban J connectivity index is 1.92. The van der Waals surface area contributed by atoms with Gasteiger partial charge in [-0.25, -0.2) is 13.8 Å². The van der Waals surface area contributed by atoms with Gasteiger partial charge in [0.2, 0.25) is 0 Å². The van der Waals surface area contributed by atoms with Gasteiger partial charge in [-0.3, -0.25) is 4.79 Å². The summed E-state index contributed by atoms with van der Waals surface area (Å²) in [5.41, 5.74) is 7.17. The third-order valence-electron chi connectivity index (χ3n) is 4.93. The minimum atomic E-state index is -0.612. The first-order valence-electron chi connectivity index (χ1n) is 9.12. The fourth-order valence-corrected chi connectivity index (χ4v) is 3.28. The molecule has 1 heterocycles. The van der Waals surface area contributed by atoms with Gasteiger partial charge in [-0.2, -0.15) is 0 Å². The summed E-state index contributed by atoms with van der Waals surface area (Å²) in [6.07, 6.45) is 3.79. The molecule has 0 radical (unpaired) electrons. The van der Waals surface area contributed by atoms with E-state index >= 15 is 0 Å². The van der Waals surface area contributed by atoms with Crippen LogP contribution in [0.4, 0.5) is 26.1 Å². The van der Waals surface area contributed by atoms with E-state index in [1.54, 1.807) is 19.1 Å². The molecule has 0 amide bonds. The number of benzene rings is 1. The highest BCUT2D eigenvalue weighted by Crippen LogP contribution is 2.27. The minimum Gasteiger partial charge on any atom is -0.363 e. The number of ketones is 1. The van der Waals surface area contributed by atoms with Gasteiger partial charge in [-0.15, -0.1) is 0 Å². The summed E-state index contributed by atoms with van der Waals surface area (Å²) in [5, 5.41) is 6.00. The SMILES string of the molecule is CC(=O)c1cc(F)c(N[C@@H]2CCCC[C@@H]2N)nc1Nc1ccc(C)c(F)c1. The van der Waals surface area contributed by atoms with Crippen molar-refractivity contribution >= 4 is 23.1 Å². The summed E-state index contributed by atoms with van der Waals surface area (Å²) in [5.74, 6) is -1.11. The van der Waals surface area contributed by atoms with E-state index in [0.717, 1.165) is 31.7 Å². The van der Waals surface area contributed by atoms with Gasteiger partial charge in [0.15, 0.2) is 17.4 Å². The van der Waals surface area contributed by atoms with Gasteiger partial charge in [-0.05, 0) is 50.5 Å². The van der Waals surface area contributed by atoms with E-state index in [1.807, 2.05) is 0 Å². The maximum absolute atomic E-state index is 14.5. The summed E-state index contributed by atoms with van der Waals surface area (Å²) in [6, 6.07) is 5.61. The Morgan fingerprint density at radius 1 is 1.15 bits per heavy atom. The van der Waals surface area contributed by atoms with E-state index in [2.05, 4.69) is 15.6 Å². The van der Waals surface area contributed by atoms with Crippen LogP contribution in [0.25, 0.3) is 0 Å². The monoisotopic (exact) mass is 374 g/mol. The summed E-state index contributed by atoms with van der Waals surface area (Å²) < 4.78 is 28.3. The molecule has 1 aromatic heterocycles. The molecular formula is C20H24F2N4O. The van der Waals surface area contributed by atoms with Crippen LogP contribution in [0.3, 0.4) is 0 Å². The number of nitrogens with one attached hydrogen (secondary N) is 2. The molecule has 3 rings (SSSR count). The van der Waals surface area contributed by atoms with E-state index in [-0.39, 0.29) is 40.9 Å². The van der Waals surface area contributed by atoms with Crippen LogP contribution in [0.5, 0.6) is 0 Å². The number of carbonyl (C=O) groups is 1. The second-order valence-electron chi connectivity index (χ2n) is 7.06. The number of Topliss-reactive ketones (excluding diaryl/α,β-unsaturated/α-hetero) is 1. The molecule has 144 valence electrons. The summed E-state index contributed by atoms with van der Waals surface area (Å²) >= 11 is 0. The fourth-order valence-electron chi connectivity index (χ4n) is 3.28. The van der Waals surface area contributed by atoms with Crippen molar-refractivity contribution in [2.45, 2.75) is 51.6 Å². The third-order valence-corrected chi connectivity index (χ3v) is 4.93. The molecule has 2 aromatic rings. The van der Waals surface area contributed by atoms with Gasteiger partial charge < -0.3 is 16.4 Å². The molecule has 1 saturated carbocycles. The number of anilines is 3. The van der Waals surface area contributed by atoms with Crippen molar-refractivity contribution in [2.24, 2.45) is 5.73 Å². The molecule has 0 bridgehead atoms. The zero-order chi connectivity index (χ0) is 19.6. The average Bonchev–Trinajstić information content (AvgIpc) is 2.62. The van der Waals surface area contributed by atoms with Gasteiger partial charge >= 0.3 is 0 Å². The molecule has 0 aliphatic heterocycles. The van der Waals surface area contributed by atoms with Crippen LogP contribution in [0.15, 0.2) is 24.3 Å². The first-order chi connectivity index (χ1) is 12.8. The number of aryl methyl sites for hydroxylation is 1. The number of hydrogen-bond acceptors (Lipinski definition) is 5. The van der Waals surface area contributed by atoms with Crippen LogP contribution in [0.2, 0.25) is 0 Å². The van der Waals surface area contributed by atoms with Gasteiger partial charge in [-0.1, -0.05) is 18.9 Å². The molecule has 0 spiro atoms. The smallest absolute Gasteiger partial charge is 0.166 e. The Morgan fingerprint density at radius 3 is 2.56 bits per heavy atom. The Labute approximate surface area is 157 Å². The lowest BCUT2D eigenvalue weighted by molar-refractivity contribution is 0.101. The molecule has 1 aliphatic rings. The van der Waals surface area contributed by atoms with Gasteiger partial charge in [0.1, 0.15) is 11.6 Å². The maximum atomic E-state index is 14.5. The standard InChI is InChI=1S/C20H24F2N4O/c1-11-7-8-13(9-15(11)21)24-19-14(12(2)27)10-16(22)20(26-19)25-18-6-4-3-5-17(18)23/h7-10,17-18H,3-6,23H2,1-2H3,(H2,24,25,26)/t17-,18+/m0/s1. The van der Waals surface area contributed by atoms with Crippen LogP contribution in [-0.2, 0) is 0 Å². The quantitative estimate of drug-likeness (QED) is 0.680. The zero-order valence-electron chi connectivity index (χ0n) is 15.5. The van der Waals surface area contributed by atoms with Gasteiger partial charge in [0.05, 0.1) is 5.56 Å². The van der Waals surface area contributed by atoms with Crippen LogP contribution >= 0.6 is 0 Å². The normalized spacial score (nSPS) is 19.6. The molecule has 0 unspecified atom stereocenters. The molecule has 4 N–H and O–H groups in total. The highest BCUT2D eigenvalue weighted by molar-refractivity contribution is 5.99. The number of hydrogen-bond donors (Lipinski definition) is 3. The van der Waals surface area contributed by atoms with Crippen molar-refractivity contribution in [3.8, 4) is 0 Å². The van der Waals surface area contributed by atoms with Crippen molar-refractivity contribution in [3.05, 3.63) is 47.0 Å². The number of nitrogens with zero attached hydrogens (tertiary/aromatic N) is 1. The second kappa shape index (κ2) is 8.00. The van der Waals surface area contributed by atoms with E-state index in [0.29, 0.717) is 11.3 Å². The number of halogens is 2. The molecule has 0 saturated heterocycles. The highest BCUT2D eigenvalue weighted by Gasteiger charge is 2.24. The van der Waals surface area contributed by atoms with Crippen molar-refractivity contribution < 1.29 is 13.6 Å². The fraction of sp³-hybridized carbons (Fsp3) is 0.400. The molecule has 2 atom stereocenters. The Kier molecular flexibility index (Phi) is 5.70. The molecule has 1 aromatic carbocycles. The predicted octanol–water partition coefficient (Wildman–Crippen LogP) is 4.30. The molecule has 1 fully saturated rings. The first-order valence-corrected chi connectivity index (χ1v) is 9.12. The molecular weight excluding hydrogens is 350 g/mol. The van der Waals surface area contributed by atoms with E-state index < -0.39 is 5.82 Å². The minimum absolute atomic E-state index is 0.0393. The number of nitrogens with two attached hydrogens (primary N) is 1. The second-order valence-corrected chi connectivity index (χ2v) is 7.06. The summed E-state index contributed by atoms with van der Waals surface area (Å²) in [4.78, 5) is 16.2. The first kappa shape index (κ1) is 19.2. The van der Waals surface area contributed by atoms with Crippen LogP contribution in [0.1, 0.15) is 48.5 Å². The van der Waals surface area contributed by atoms with Crippen molar-refractivity contribution in [1.82, 2.24) is 4.98 Å². The van der Waals surface area contributed by atoms with Crippen LogP contribution < -0.4 is 16.4 Å². The molecule has 1 aliphatic carbocycles. The highest BCUT2D eigenvalue weighted by atomic mass is 19.1. The Bertz CT molecular complexity index is 856. The van der Waals surface area contributed by atoms with Crippen molar-refractivity contribution in [3.63, 3.8) is 0 Å². The summed E-state index contributed by atoms with van der Waals surface area (Å²) in [6.45, 7) is 2.99. The number of carbonyl (C=O) groups excluding carboxylic acids is 1. The predicted molar refractivity (Wildman–Crippen MR) is 102 cm³/mol. The maximum Gasteiger partial charge on any atom is 0.166 e. The Hall–Kier alpha value is -2.54. The number of rotatable bonds is 5. The topological polar surface area (TPSA) is 80.0 Å².